The number of aromatic nitrogens is 2. The quantitative estimate of drug-likeness (QED) is 0.227. The third kappa shape index (κ3) is 9.12. The van der Waals surface area contributed by atoms with Gasteiger partial charge in [0.05, 0.1) is 39.9 Å². The molecule has 332 valence electrons. The lowest BCUT2D eigenvalue weighted by Gasteiger charge is -2.36. The molecule has 3 N–H and O–H groups in total. The van der Waals surface area contributed by atoms with E-state index in [-0.39, 0.29) is 42.3 Å². The number of carbonyl (C=O) groups excluding carboxylic acids is 4. The summed E-state index contributed by atoms with van der Waals surface area (Å²) in [6, 6.07) is 3.01. The van der Waals surface area contributed by atoms with Gasteiger partial charge in [0.25, 0.3) is 5.91 Å². The first-order chi connectivity index (χ1) is 28.5. The molecule has 61 heavy (non-hydrogen) atoms. The molecule has 2 aromatic rings. The van der Waals surface area contributed by atoms with Crippen molar-refractivity contribution in [1.29, 1.82) is 5.26 Å². The van der Waals surface area contributed by atoms with Crippen LogP contribution in [0.25, 0.3) is 11.0 Å². The number of allylic oxidation sites excluding steroid dienone is 2. The second-order valence-corrected chi connectivity index (χ2v) is 19.9. The Morgan fingerprint density at radius 1 is 1.10 bits per heavy atom. The Labute approximate surface area is 351 Å². The topological polar surface area (TPSA) is 210 Å². The number of cyclic esters (lactones) is 1. The number of hydrogen-bond donors (Lipinski definition) is 3. The highest BCUT2D eigenvalue weighted by atomic mass is 32.2. The first-order valence-electron chi connectivity index (χ1n) is 20.4. The molecule has 2 aliphatic carbocycles. The minimum absolute atomic E-state index is 0.00972. The van der Waals surface area contributed by atoms with Gasteiger partial charge >= 0.3 is 12.0 Å². The molecule has 0 unspecified atom stereocenters. The number of fused-ring (bicyclic) bond motifs is 4. The van der Waals surface area contributed by atoms with E-state index in [1.807, 2.05) is 10.8 Å². The zero-order valence-electron chi connectivity index (χ0n) is 34.8. The van der Waals surface area contributed by atoms with E-state index in [9.17, 15) is 41.6 Å². The minimum atomic E-state index is -4.33. The smallest absolute Gasteiger partial charge is 0.408 e. The predicted octanol–water partition coefficient (Wildman–Crippen LogP) is 5.38. The maximum atomic E-state index is 16.3. The molecular weight excluding hydrogens is 827 g/mol. The maximum absolute atomic E-state index is 16.3. The largest absolute Gasteiger partial charge is 0.471 e. The molecule has 1 aromatic heterocycles. The van der Waals surface area contributed by atoms with Crippen molar-refractivity contribution in [2.45, 2.75) is 140 Å². The van der Waals surface area contributed by atoms with Gasteiger partial charge in [-0.2, -0.15) is 14.0 Å². The van der Waals surface area contributed by atoms with Crippen LogP contribution in [0.3, 0.4) is 0 Å². The predicted molar refractivity (Wildman–Crippen MR) is 211 cm³/mol. The van der Waals surface area contributed by atoms with Gasteiger partial charge in [0, 0.05) is 5.92 Å². The molecule has 20 heteroatoms. The Kier molecular flexibility index (Phi) is 12.4. The summed E-state index contributed by atoms with van der Waals surface area (Å²) in [4.78, 5) is 66.2. The minimum Gasteiger partial charge on any atom is -0.471 e. The molecule has 0 radical (unpaired) electrons. The summed E-state index contributed by atoms with van der Waals surface area (Å²) in [5, 5.41) is 14.6. The van der Waals surface area contributed by atoms with Crippen LogP contribution < -0.4 is 20.1 Å². The average molecular weight is 878 g/mol. The summed E-state index contributed by atoms with van der Waals surface area (Å²) in [6.45, 7) is 9.23. The van der Waals surface area contributed by atoms with E-state index < -0.39 is 123 Å². The summed E-state index contributed by atoms with van der Waals surface area (Å²) < 4.78 is 99.9. The van der Waals surface area contributed by atoms with Gasteiger partial charge in [0.2, 0.25) is 34.1 Å². The second-order valence-electron chi connectivity index (χ2n) is 17.7. The molecule has 1 saturated heterocycles. The van der Waals surface area contributed by atoms with Crippen molar-refractivity contribution in [1.82, 2.24) is 30.2 Å². The number of rotatable bonds is 8. The number of sulfonamides is 1. The number of nitriles is 1. The van der Waals surface area contributed by atoms with Crippen LogP contribution in [0.1, 0.15) is 104 Å². The van der Waals surface area contributed by atoms with Crippen molar-refractivity contribution < 1.29 is 54.6 Å². The van der Waals surface area contributed by atoms with Crippen LogP contribution in [0.15, 0.2) is 30.4 Å². The molecule has 0 spiro atoms. The van der Waals surface area contributed by atoms with Gasteiger partial charge in [0.15, 0.2) is 5.69 Å². The molecular formula is C41H51F4N7O8S. The lowest BCUT2D eigenvalue weighted by molar-refractivity contribution is -0.144. The standard InChI is InChI=1S/C41H51F4N7O8S/c1-7-23-12-10-9-11-15-41(44,45)30-34(48-27-18-22(20-46)13-14-26(27)47-30)60-28-21-52(35(54)31(38(3,4)5)49-37(56)59-23)29(24(28)8-2)33(53)50-40(19-25(40)32(42)43)36(55)51-61(57,58)39(6)16-17-39/h11,13-15,18,23-25,28-29,31-32H,7-10,12,16-17,19,21H2,1-6H3,(H,49,56)(H,50,53)(H,51,55)/b15-11+/t23-,24-,25+,28+,29+,31-,40-/m1/s1. The fourth-order valence-electron chi connectivity index (χ4n) is 7.97. The van der Waals surface area contributed by atoms with Crippen LogP contribution in [-0.4, -0.2) is 94.6 Å². The van der Waals surface area contributed by atoms with Crippen molar-refractivity contribution in [2.24, 2.45) is 17.3 Å². The molecule has 6 rings (SSSR count). The van der Waals surface area contributed by atoms with E-state index in [0.717, 1.165) is 4.90 Å². The highest BCUT2D eigenvalue weighted by Crippen LogP contribution is 2.50. The Morgan fingerprint density at radius 3 is 2.39 bits per heavy atom. The van der Waals surface area contributed by atoms with E-state index in [2.05, 4.69) is 20.6 Å². The second kappa shape index (κ2) is 16.7. The number of amides is 4. The lowest BCUT2D eigenvalue weighted by Crippen LogP contribution is -2.61. The first kappa shape index (κ1) is 45.5. The average Bonchev–Trinajstić information content (AvgIpc) is 4.09. The van der Waals surface area contributed by atoms with Crippen LogP contribution in [0.4, 0.5) is 22.4 Å². The number of carbonyl (C=O) groups is 4. The van der Waals surface area contributed by atoms with Gasteiger partial charge in [-0.05, 0) is 88.0 Å². The third-order valence-electron chi connectivity index (χ3n) is 12.2. The highest BCUT2D eigenvalue weighted by molar-refractivity contribution is 7.91. The van der Waals surface area contributed by atoms with Crippen molar-refractivity contribution in [2.75, 3.05) is 6.54 Å². The number of halogens is 4. The van der Waals surface area contributed by atoms with Crippen LogP contribution in [-0.2, 0) is 35.1 Å². The molecule has 3 fully saturated rings. The van der Waals surface area contributed by atoms with E-state index >= 15 is 8.78 Å². The molecule has 7 atom stereocenters. The fourth-order valence-corrected chi connectivity index (χ4v) is 9.28. The summed E-state index contributed by atoms with van der Waals surface area (Å²) in [7, 11) is -4.33. The highest BCUT2D eigenvalue weighted by Gasteiger charge is 2.68. The molecule has 2 aliphatic heterocycles. The summed E-state index contributed by atoms with van der Waals surface area (Å²) in [5.74, 6) is -10.7. The van der Waals surface area contributed by atoms with Gasteiger partial charge in [-0.1, -0.05) is 40.7 Å². The molecule has 1 aromatic carbocycles. The molecule has 4 amide bonds. The number of alkyl halides is 4. The number of alkyl carbamates (subject to hydrolysis) is 1. The number of benzene rings is 1. The van der Waals surface area contributed by atoms with Crippen molar-refractivity contribution >= 4 is 44.9 Å². The van der Waals surface area contributed by atoms with Crippen molar-refractivity contribution in [3.8, 4) is 11.9 Å². The SMILES string of the molecule is CC[C@@H]1CCC/C=C/C(F)(F)c2nc3ccc(C#N)cc3nc2O[C@H]2CN(C(=O)[C@H](C(C)(C)C)NC(=O)O1)[C@H](C(=O)N[C@]1(C(=O)NS(=O)(=O)C3(C)CC3)C[C@H]1C(F)F)[C@@H]2CC. The van der Waals surface area contributed by atoms with Gasteiger partial charge < -0.3 is 25.0 Å². The van der Waals surface area contributed by atoms with Crippen molar-refractivity contribution in [3.63, 3.8) is 0 Å². The number of nitrogens with one attached hydrogen (secondary N) is 3. The molecule has 15 nitrogen and oxygen atoms in total. The third-order valence-corrected chi connectivity index (χ3v) is 14.3. The Hall–Kier alpha value is -5.06. The van der Waals surface area contributed by atoms with Crippen LogP contribution in [0, 0.1) is 28.6 Å². The zero-order chi connectivity index (χ0) is 44.9. The van der Waals surface area contributed by atoms with Gasteiger partial charge in [-0.15, -0.1) is 0 Å². The fraction of sp³-hybridized carbons (Fsp3) is 0.634. The first-order valence-corrected chi connectivity index (χ1v) is 21.9. The van der Waals surface area contributed by atoms with E-state index in [4.69, 9.17) is 9.47 Å². The van der Waals surface area contributed by atoms with Crippen molar-refractivity contribution in [3.05, 3.63) is 41.6 Å². The molecule has 2 saturated carbocycles. The van der Waals surface area contributed by atoms with Gasteiger partial charge in [-0.25, -0.2) is 32.0 Å². The van der Waals surface area contributed by atoms with E-state index in [0.29, 0.717) is 25.3 Å². The summed E-state index contributed by atoms with van der Waals surface area (Å²) in [6.07, 6.45) is -3.12. The molecule has 2 bridgehead atoms. The molecule has 4 aliphatic rings. The Morgan fingerprint density at radius 2 is 1.80 bits per heavy atom. The van der Waals surface area contributed by atoms with Crippen LogP contribution in [0.2, 0.25) is 0 Å². The zero-order valence-corrected chi connectivity index (χ0v) is 35.6. The Balaban J connectivity index is 1.46. The monoisotopic (exact) mass is 877 g/mol. The summed E-state index contributed by atoms with van der Waals surface area (Å²) in [5.41, 5.74) is -4.12. The Bertz CT molecular complexity index is 2260. The number of nitrogens with zero attached hydrogens (tertiary/aromatic N) is 4. The van der Waals surface area contributed by atoms with Gasteiger partial charge in [0.1, 0.15) is 29.8 Å². The lowest BCUT2D eigenvalue weighted by atomic mass is 9.85. The van der Waals surface area contributed by atoms with Crippen LogP contribution in [0.5, 0.6) is 5.88 Å². The van der Waals surface area contributed by atoms with Crippen LogP contribution >= 0.6 is 0 Å². The van der Waals surface area contributed by atoms with Gasteiger partial charge in [-0.3, -0.25) is 19.1 Å². The van der Waals surface area contributed by atoms with E-state index in [1.54, 1.807) is 34.6 Å². The molecule has 3 heterocycles. The normalized spacial score (nSPS) is 29.4. The maximum Gasteiger partial charge on any atom is 0.408 e. The number of ether oxygens (including phenoxy) is 2. The summed E-state index contributed by atoms with van der Waals surface area (Å²) >= 11 is 0. The number of hydrogen-bond acceptors (Lipinski definition) is 11. The van der Waals surface area contributed by atoms with E-state index in [1.165, 1.54) is 31.2 Å².